The molecule has 0 atom stereocenters. The van der Waals surface area contributed by atoms with Crippen LogP contribution in [0.5, 0.6) is 0 Å². The second-order valence-electron chi connectivity index (χ2n) is 3.67. The van der Waals surface area contributed by atoms with Gasteiger partial charge in [0.25, 0.3) is 11.5 Å². The lowest BCUT2D eigenvalue weighted by Crippen LogP contribution is -2.17. The number of anilines is 1. The molecule has 1 heterocycles. The second kappa shape index (κ2) is 5.57. The average Bonchev–Trinajstić information content (AvgIpc) is 2.40. The van der Waals surface area contributed by atoms with Gasteiger partial charge in [0, 0.05) is 35.5 Å². The molecule has 0 fully saturated rings. The Bertz CT molecular complexity index is 669. The third-order valence-corrected chi connectivity index (χ3v) is 3.33. The first-order chi connectivity index (χ1) is 9.10. The Labute approximate surface area is 113 Å². The van der Waals surface area contributed by atoms with E-state index < -0.39 is 0 Å². The minimum Gasteiger partial charge on any atom is -0.398 e. The van der Waals surface area contributed by atoms with E-state index >= 15 is 0 Å². The van der Waals surface area contributed by atoms with Gasteiger partial charge in [-0.1, -0.05) is 0 Å². The van der Waals surface area contributed by atoms with Crippen molar-refractivity contribution in [1.82, 2.24) is 15.3 Å². The average molecular weight is 276 g/mol. The van der Waals surface area contributed by atoms with Gasteiger partial charge in [-0.15, -0.1) is 0 Å². The topological polar surface area (TPSA) is 101 Å². The standard InChI is InChI=1S/C12H12N4O2S/c1-14-11(18)7-2-3-8(13)9(6-7)19-12-15-5-4-10(17)16-12/h2-6H,13H2,1H3,(H,14,18)(H,15,16,17). The zero-order valence-electron chi connectivity index (χ0n) is 10.1. The highest BCUT2D eigenvalue weighted by Gasteiger charge is 2.09. The van der Waals surface area contributed by atoms with E-state index in [1.807, 2.05) is 0 Å². The fourth-order valence-electron chi connectivity index (χ4n) is 1.42. The molecule has 0 saturated heterocycles. The minimum absolute atomic E-state index is 0.198. The van der Waals surface area contributed by atoms with E-state index in [-0.39, 0.29) is 11.5 Å². The van der Waals surface area contributed by atoms with Crippen molar-refractivity contribution < 1.29 is 4.79 Å². The third-order valence-electron chi connectivity index (χ3n) is 2.36. The van der Waals surface area contributed by atoms with Gasteiger partial charge in [-0.05, 0) is 30.0 Å². The Hall–Kier alpha value is -2.28. The zero-order valence-corrected chi connectivity index (χ0v) is 11.0. The van der Waals surface area contributed by atoms with Crippen LogP contribution in [-0.4, -0.2) is 22.9 Å². The van der Waals surface area contributed by atoms with Gasteiger partial charge in [0.05, 0.1) is 0 Å². The third kappa shape index (κ3) is 3.14. The van der Waals surface area contributed by atoms with Crippen LogP contribution in [0.4, 0.5) is 5.69 Å². The summed E-state index contributed by atoms with van der Waals surface area (Å²) in [5, 5.41) is 2.96. The van der Waals surface area contributed by atoms with Gasteiger partial charge in [0.15, 0.2) is 5.16 Å². The molecule has 0 aliphatic carbocycles. The summed E-state index contributed by atoms with van der Waals surface area (Å²) in [5.74, 6) is -0.198. The van der Waals surface area contributed by atoms with Crippen LogP contribution in [0, 0.1) is 0 Å². The Balaban J connectivity index is 2.34. The molecule has 0 spiro atoms. The molecule has 2 rings (SSSR count). The summed E-state index contributed by atoms with van der Waals surface area (Å²) in [5.41, 5.74) is 6.62. The van der Waals surface area contributed by atoms with E-state index in [1.165, 1.54) is 24.0 Å². The number of carbonyl (C=O) groups is 1. The molecule has 1 amide bonds. The van der Waals surface area contributed by atoms with Gasteiger partial charge in [-0.2, -0.15) is 0 Å². The number of nitrogens with zero attached hydrogens (tertiary/aromatic N) is 1. The molecule has 0 bridgehead atoms. The van der Waals surface area contributed by atoms with E-state index in [9.17, 15) is 9.59 Å². The van der Waals surface area contributed by atoms with Crippen molar-refractivity contribution in [2.45, 2.75) is 10.1 Å². The molecule has 1 aromatic carbocycles. The number of nitrogens with one attached hydrogen (secondary N) is 2. The molecular weight excluding hydrogens is 264 g/mol. The van der Waals surface area contributed by atoms with E-state index in [0.717, 1.165) is 0 Å². The van der Waals surface area contributed by atoms with Crippen molar-refractivity contribution in [3.8, 4) is 0 Å². The Morgan fingerprint density at radius 1 is 1.42 bits per heavy atom. The number of H-pyrrole nitrogens is 1. The van der Waals surface area contributed by atoms with Crippen LogP contribution in [0.1, 0.15) is 10.4 Å². The molecule has 0 aliphatic heterocycles. The number of benzene rings is 1. The number of amides is 1. The molecule has 1 aromatic heterocycles. The molecule has 0 radical (unpaired) electrons. The summed E-state index contributed by atoms with van der Waals surface area (Å²) in [4.78, 5) is 30.0. The van der Waals surface area contributed by atoms with Gasteiger partial charge < -0.3 is 16.0 Å². The van der Waals surface area contributed by atoms with Crippen LogP contribution < -0.4 is 16.6 Å². The number of hydrogen-bond acceptors (Lipinski definition) is 5. The SMILES string of the molecule is CNC(=O)c1ccc(N)c(Sc2nccc(=O)[nH]2)c1. The number of carbonyl (C=O) groups excluding carboxylic acids is 1. The monoisotopic (exact) mass is 276 g/mol. The molecular formula is C12H12N4O2S. The van der Waals surface area contributed by atoms with E-state index in [1.54, 1.807) is 25.2 Å². The summed E-state index contributed by atoms with van der Waals surface area (Å²) in [6.07, 6.45) is 1.42. The van der Waals surface area contributed by atoms with E-state index in [4.69, 9.17) is 5.73 Å². The summed E-state index contributed by atoms with van der Waals surface area (Å²) in [6.45, 7) is 0. The van der Waals surface area contributed by atoms with Crippen molar-refractivity contribution in [1.29, 1.82) is 0 Å². The van der Waals surface area contributed by atoms with Crippen molar-refractivity contribution >= 4 is 23.4 Å². The van der Waals surface area contributed by atoms with Crippen LogP contribution >= 0.6 is 11.8 Å². The molecule has 6 nitrogen and oxygen atoms in total. The molecule has 19 heavy (non-hydrogen) atoms. The maximum absolute atomic E-state index is 11.5. The quantitative estimate of drug-likeness (QED) is 0.570. The number of aromatic amines is 1. The maximum atomic E-state index is 11.5. The molecule has 0 saturated carbocycles. The van der Waals surface area contributed by atoms with Crippen LogP contribution in [0.25, 0.3) is 0 Å². The van der Waals surface area contributed by atoms with Gasteiger partial charge in [-0.3, -0.25) is 9.59 Å². The number of aromatic nitrogens is 2. The van der Waals surface area contributed by atoms with Crippen molar-refractivity contribution in [3.05, 3.63) is 46.4 Å². The summed E-state index contributed by atoms with van der Waals surface area (Å²) >= 11 is 1.20. The van der Waals surface area contributed by atoms with Crippen LogP contribution in [0.2, 0.25) is 0 Å². The molecule has 7 heteroatoms. The Morgan fingerprint density at radius 2 is 2.21 bits per heavy atom. The Kier molecular flexibility index (Phi) is 3.86. The van der Waals surface area contributed by atoms with Gasteiger partial charge in [0.2, 0.25) is 0 Å². The van der Waals surface area contributed by atoms with Gasteiger partial charge in [0.1, 0.15) is 0 Å². The molecule has 2 aromatic rings. The fourth-order valence-corrected chi connectivity index (χ4v) is 2.26. The molecule has 4 N–H and O–H groups in total. The highest BCUT2D eigenvalue weighted by molar-refractivity contribution is 7.99. The first-order valence-electron chi connectivity index (χ1n) is 5.45. The van der Waals surface area contributed by atoms with Gasteiger partial charge in [-0.25, -0.2) is 4.98 Å². The summed E-state index contributed by atoms with van der Waals surface area (Å²) in [6, 6.07) is 6.27. The van der Waals surface area contributed by atoms with Crippen LogP contribution in [-0.2, 0) is 0 Å². The normalized spacial score (nSPS) is 10.2. The van der Waals surface area contributed by atoms with Crippen LogP contribution in [0.3, 0.4) is 0 Å². The lowest BCUT2D eigenvalue weighted by atomic mass is 10.2. The Morgan fingerprint density at radius 3 is 2.89 bits per heavy atom. The number of nitrogens with two attached hydrogens (primary N) is 1. The molecule has 98 valence electrons. The first-order valence-corrected chi connectivity index (χ1v) is 6.26. The number of rotatable bonds is 3. The lowest BCUT2D eigenvalue weighted by Gasteiger charge is -2.07. The first kappa shape index (κ1) is 13.2. The fraction of sp³-hybridized carbons (Fsp3) is 0.0833. The molecule has 0 aliphatic rings. The highest BCUT2D eigenvalue weighted by atomic mass is 32.2. The lowest BCUT2D eigenvalue weighted by molar-refractivity contribution is 0.0963. The smallest absolute Gasteiger partial charge is 0.251 e. The predicted octanol–water partition coefficient (Wildman–Crippen LogP) is 0.863. The number of nitrogen functional groups attached to an aromatic ring is 1. The van der Waals surface area contributed by atoms with E-state index in [0.29, 0.717) is 21.3 Å². The van der Waals surface area contributed by atoms with Crippen LogP contribution in [0.15, 0.2) is 45.3 Å². The van der Waals surface area contributed by atoms with Crippen molar-refractivity contribution in [3.63, 3.8) is 0 Å². The minimum atomic E-state index is -0.237. The largest absolute Gasteiger partial charge is 0.398 e. The molecule has 0 unspecified atom stereocenters. The summed E-state index contributed by atoms with van der Waals surface area (Å²) < 4.78 is 0. The second-order valence-corrected chi connectivity index (χ2v) is 4.70. The predicted molar refractivity (Wildman–Crippen MR) is 73.2 cm³/mol. The zero-order chi connectivity index (χ0) is 13.8. The summed E-state index contributed by atoms with van der Waals surface area (Å²) in [7, 11) is 1.56. The maximum Gasteiger partial charge on any atom is 0.251 e. The highest BCUT2D eigenvalue weighted by Crippen LogP contribution is 2.29. The van der Waals surface area contributed by atoms with Crippen molar-refractivity contribution in [2.75, 3.05) is 12.8 Å². The van der Waals surface area contributed by atoms with Gasteiger partial charge >= 0.3 is 0 Å². The van der Waals surface area contributed by atoms with E-state index in [2.05, 4.69) is 15.3 Å². The number of hydrogen-bond donors (Lipinski definition) is 3. The van der Waals surface area contributed by atoms with Crippen molar-refractivity contribution in [2.24, 2.45) is 0 Å².